The predicted molar refractivity (Wildman–Crippen MR) is 54.6 cm³/mol. The third kappa shape index (κ3) is 3.51. The van der Waals surface area contributed by atoms with Crippen molar-refractivity contribution in [3.63, 3.8) is 0 Å². The molecule has 0 aliphatic heterocycles. The number of rotatable bonds is 5. The van der Waals surface area contributed by atoms with Gasteiger partial charge in [-0.3, -0.25) is 4.18 Å². The molecule has 0 aliphatic rings. The van der Waals surface area contributed by atoms with Gasteiger partial charge in [0.25, 0.3) is 10.1 Å². The largest absolute Gasteiger partial charge is 0.349 e. The number of hydrogen-bond donors (Lipinski definition) is 0. The summed E-state index contributed by atoms with van der Waals surface area (Å²) < 4.78 is 28.0. The topological polar surface area (TPSA) is 48.3 Å². The highest BCUT2D eigenvalue weighted by Crippen LogP contribution is 2.03. The van der Waals surface area contributed by atoms with Crippen LogP contribution in [0.2, 0.25) is 0 Å². The maximum atomic E-state index is 10.7. The third-order valence-electron chi connectivity index (χ3n) is 1.92. The molecule has 0 fully saturated rings. The van der Waals surface area contributed by atoms with Crippen LogP contribution < -0.4 is 0 Å². The molecule has 1 rings (SSSR count). The Balaban J connectivity index is 2.46. The van der Waals surface area contributed by atoms with E-state index in [4.69, 9.17) is 0 Å². The smallest absolute Gasteiger partial charge is 0.264 e. The van der Waals surface area contributed by atoms with Crippen LogP contribution in [0.5, 0.6) is 0 Å². The van der Waals surface area contributed by atoms with Crippen LogP contribution >= 0.6 is 0 Å². The minimum Gasteiger partial charge on any atom is -0.349 e. The molecule has 5 heteroatoms. The van der Waals surface area contributed by atoms with E-state index in [2.05, 4.69) is 11.1 Å². The molecule has 0 unspecified atom stereocenters. The molecule has 1 aromatic rings. The Morgan fingerprint density at radius 2 is 2.21 bits per heavy atom. The van der Waals surface area contributed by atoms with Crippen molar-refractivity contribution >= 4 is 10.1 Å². The summed E-state index contributed by atoms with van der Waals surface area (Å²) in [7, 11) is -3.31. The Kier molecular flexibility index (Phi) is 3.71. The summed E-state index contributed by atoms with van der Waals surface area (Å²) in [5, 5.41) is 0. The summed E-state index contributed by atoms with van der Waals surface area (Å²) in [6.07, 6.45) is 3.92. The van der Waals surface area contributed by atoms with E-state index in [1.165, 1.54) is 5.69 Å². The van der Waals surface area contributed by atoms with Gasteiger partial charge in [0.15, 0.2) is 0 Å². The van der Waals surface area contributed by atoms with Gasteiger partial charge in [0, 0.05) is 18.4 Å². The molecule has 80 valence electrons. The molecular formula is C9H15NO3S. The molecule has 0 aromatic carbocycles. The van der Waals surface area contributed by atoms with Crippen LogP contribution in [0.4, 0.5) is 0 Å². The fourth-order valence-corrected chi connectivity index (χ4v) is 1.65. The number of aryl methyl sites for hydroxylation is 1. The van der Waals surface area contributed by atoms with Gasteiger partial charge in [-0.25, -0.2) is 0 Å². The van der Waals surface area contributed by atoms with Crippen LogP contribution in [0.1, 0.15) is 12.6 Å². The SMILES string of the molecule is CCc1cccn1CCOS(C)(=O)=O. The van der Waals surface area contributed by atoms with E-state index in [0.29, 0.717) is 6.54 Å². The van der Waals surface area contributed by atoms with Crippen LogP contribution in [0.3, 0.4) is 0 Å². The monoisotopic (exact) mass is 217 g/mol. The van der Waals surface area contributed by atoms with E-state index in [0.717, 1.165) is 12.7 Å². The summed E-state index contributed by atoms with van der Waals surface area (Å²) in [5.74, 6) is 0. The van der Waals surface area contributed by atoms with Crippen molar-refractivity contribution < 1.29 is 12.6 Å². The average molecular weight is 217 g/mol. The molecule has 0 N–H and O–H groups in total. The van der Waals surface area contributed by atoms with E-state index in [9.17, 15) is 8.42 Å². The first kappa shape index (κ1) is 11.3. The normalized spacial score (nSPS) is 11.9. The van der Waals surface area contributed by atoms with E-state index in [1.54, 1.807) is 0 Å². The van der Waals surface area contributed by atoms with Crippen LogP contribution in [0.25, 0.3) is 0 Å². The molecule has 1 aromatic heterocycles. The van der Waals surface area contributed by atoms with E-state index in [1.807, 2.05) is 22.9 Å². The molecule has 0 spiro atoms. The Hall–Kier alpha value is -0.810. The zero-order valence-electron chi connectivity index (χ0n) is 8.43. The minimum atomic E-state index is -3.31. The zero-order chi connectivity index (χ0) is 10.6. The molecule has 0 saturated heterocycles. The van der Waals surface area contributed by atoms with E-state index >= 15 is 0 Å². The highest BCUT2D eigenvalue weighted by molar-refractivity contribution is 7.85. The van der Waals surface area contributed by atoms with Crippen molar-refractivity contribution in [2.75, 3.05) is 12.9 Å². The lowest BCUT2D eigenvalue weighted by Crippen LogP contribution is -2.11. The van der Waals surface area contributed by atoms with Crippen molar-refractivity contribution in [3.8, 4) is 0 Å². The van der Waals surface area contributed by atoms with E-state index < -0.39 is 10.1 Å². The summed E-state index contributed by atoms with van der Waals surface area (Å²) in [4.78, 5) is 0. The van der Waals surface area contributed by atoms with Crippen LogP contribution in [-0.4, -0.2) is 25.8 Å². The molecule has 4 nitrogen and oxygen atoms in total. The standard InChI is InChI=1S/C9H15NO3S/c1-3-9-5-4-6-10(9)7-8-13-14(2,11)12/h4-6H,3,7-8H2,1-2H3. The molecule has 0 radical (unpaired) electrons. The van der Waals surface area contributed by atoms with Gasteiger partial charge >= 0.3 is 0 Å². The van der Waals surface area contributed by atoms with Crippen molar-refractivity contribution in [2.24, 2.45) is 0 Å². The summed E-state index contributed by atoms with van der Waals surface area (Å²) in [5.41, 5.74) is 1.18. The molecular weight excluding hydrogens is 202 g/mol. The second-order valence-electron chi connectivity index (χ2n) is 3.07. The first-order chi connectivity index (χ1) is 6.53. The highest BCUT2D eigenvalue weighted by Gasteiger charge is 2.02. The van der Waals surface area contributed by atoms with Gasteiger partial charge in [-0.1, -0.05) is 6.92 Å². The van der Waals surface area contributed by atoms with Gasteiger partial charge in [0.05, 0.1) is 12.9 Å². The second kappa shape index (κ2) is 4.61. The summed E-state index contributed by atoms with van der Waals surface area (Å²) >= 11 is 0. The van der Waals surface area contributed by atoms with Crippen molar-refractivity contribution in [1.29, 1.82) is 0 Å². The Labute approximate surface area is 84.6 Å². The maximum absolute atomic E-state index is 10.7. The van der Waals surface area contributed by atoms with Gasteiger partial charge in [-0.15, -0.1) is 0 Å². The van der Waals surface area contributed by atoms with Crippen molar-refractivity contribution in [3.05, 3.63) is 24.0 Å². The van der Waals surface area contributed by atoms with Crippen LogP contribution in [0.15, 0.2) is 18.3 Å². The van der Waals surface area contributed by atoms with Gasteiger partial charge < -0.3 is 4.57 Å². The lowest BCUT2D eigenvalue weighted by Gasteiger charge is -2.06. The van der Waals surface area contributed by atoms with Crippen molar-refractivity contribution in [1.82, 2.24) is 4.57 Å². The number of nitrogens with zero attached hydrogens (tertiary/aromatic N) is 1. The summed E-state index contributed by atoms with van der Waals surface area (Å²) in [6, 6.07) is 3.96. The average Bonchev–Trinajstić information content (AvgIpc) is 2.49. The Morgan fingerprint density at radius 1 is 1.50 bits per heavy atom. The Bertz CT molecular complexity index is 381. The van der Waals surface area contributed by atoms with Crippen molar-refractivity contribution in [2.45, 2.75) is 19.9 Å². The lowest BCUT2D eigenvalue weighted by molar-refractivity contribution is 0.302. The fraction of sp³-hybridized carbons (Fsp3) is 0.556. The highest BCUT2D eigenvalue weighted by atomic mass is 32.2. The molecule has 14 heavy (non-hydrogen) atoms. The Morgan fingerprint density at radius 3 is 2.79 bits per heavy atom. The van der Waals surface area contributed by atoms with Crippen LogP contribution in [-0.2, 0) is 27.3 Å². The van der Waals surface area contributed by atoms with Gasteiger partial charge in [-0.2, -0.15) is 8.42 Å². The molecule has 0 amide bonds. The van der Waals surface area contributed by atoms with Crippen LogP contribution in [0, 0.1) is 0 Å². The fourth-order valence-electron chi connectivity index (χ4n) is 1.28. The predicted octanol–water partition coefficient (Wildman–Crippen LogP) is 1.03. The van der Waals surface area contributed by atoms with E-state index in [-0.39, 0.29) is 6.61 Å². The maximum Gasteiger partial charge on any atom is 0.264 e. The zero-order valence-corrected chi connectivity index (χ0v) is 9.25. The van der Waals surface area contributed by atoms with Gasteiger partial charge in [-0.05, 0) is 18.6 Å². The molecule has 0 aliphatic carbocycles. The quantitative estimate of drug-likeness (QED) is 0.692. The van der Waals surface area contributed by atoms with Gasteiger partial charge in [0.1, 0.15) is 0 Å². The lowest BCUT2D eigenvalue weighted by atomic mass is 10.3. The second-order valence-corrected chi connectivity index (χ2v) is 4.72. The molecule has 0 atom stereocenters. The number of aromatic nitrogens is 1. The van der Waals surface area contributed by atoms with Gasteiger partial charge in [0.2, 0.25) is 0 Å². The number of hydrogen-bond acceptors (Lipinski definition) is 3. The third-order valence-corrected chi connectivity index (χ3v) is 2.51. The minimum absolute atomic E-state index is 0.195. The summed E-state index contributed by atoms with van der Waals surface area (Å²) in [6.45, 7) is 2.83. The molecule has 0 saturated carbocycles. The molecule has 1 heterocycles. The first-order valence-electron chi connectivity index (χ1n) is 4.51. The first-order valence-corrected chi connectivity index (χ1v) is 6.33. The molecule has 0 bridgehead atoms.